The number of fused-ring (bicyclic) bond motifs is 2. The zero-order chi connectivity index (χ0) is 20.4. The van der Waals surface area contributed by atoms with Gasteiger partial charge < -0.3 is 19.4 Å². The van der Waals surface area contributed by atoms with E-state index in [-0.39, 0.29) is 5.91 Å². The van der Waals surface area contributed by atoms with Gasteiger partial charge in [0.1, 0.15) is 0 Å². The molecule has 0 aliphatic heterocycles. The van der Waals surface area contributed by atoms with E-state index >= 15 is 0 Å². The molecule has 0 aliphatic carbocycles. The quantitative estimate of drug-likeness (QED) is 0.392. The number of nitrogens with one attached hydrogen (secondary N) is 2. The summed E-state index contributed by atoms with van der Waals surface area (Å²) >= 11 is 0. The van der Waals surface area contributed by atoms with Gasteiger partial charge in [0.05, 0.1) is 11.0 Å². The van der Waals surface area contributed by atoms with Gasteiger partial charge in [0.25, 0.3) is 5.91 Å². The van der Waals surface area contributed by atoms with Crippen LogP contribution >= 0.6 is 0 Å². The average molecular weight is 390 g/mol. The predicted molar refractivity (Wildman–Crippen MR) is 113 cm³/mol. The second-order valence-electron chi connectivity index (χ2n) is 6.91. The number of rotatable bonds is 6. The molecule has 7 nitrogen and oxygen atoms in total. The smallest absolute Gasteiger partial charge is 0.316 e. The molecule has 4 aromatic rings. The number of carbonyl (C=O) groups excluding carboxylic acids is 1. The number of H-pyrrole nitrogens is 1. The van der Waals surface area contributed by atoms with E-state index < -0.39 is 11.1 Å². The summed E-state index contributed by atoms with van der Waals surface area (Å²) in [5, 5.41) is 4.12. The van der Waals surface area contributed by atoms with Crippen LogP contribution in [0.3, 0.4) is 0 Å². The fourth-order valence-corrected chi connectivity index (χ4v) is 3.62. The van der Waals surface area contributed by atoms with Gasteiger partial charge in [-0.2, -0.15) is 0 Å². The summed E-state index contributed by atoms with van der Waals surface area (Å²) in [4.78, 5) is 38.8. The maximum atomic E-state index is 12.5. The summed E-state index contributed by atoms with van der Waals surface area (Å²) in [6.45, 7) is 3.53. The lowest BCUT2D eigenvalue weighted by atomic mass is 10.1. The van der Waals surface area contributed by atoms with E-state index in [1.54, 1.807) is 25.1 Å². The molecule has 0 atom stereocenters. The molecular weight excluding hydrogens is 368 g/mol. The van der Waals surface area contributed by atoms with Crippen LogP contribution < -0.4 is 16.4 Å². The third kappa shape index (κ3) is 3.59. The van der Waals surface area contributed by atoms with Crippen molar-refractivity contribution in [1.82, 2.24) is 19.4 Å². The van der Waals surface area contributed by atoms with E-state index in [0.717, 1.165) is 13.0 Å². The van der Waals surface area contributed by atoms with Crippen LogP contribution in [0.25, 0.3) is 21.9 Å². The lowest BCUT2D eigenvalue weighted by molar-refractivity contribution is 0.0953. The molecular formula is C22H22N4O3. The molecule has 0 saturated heterocycles. The Bertz CT molecular complexity index is 1310. The minimum Gasteiger partial charge on any atom is -0.352 e. The number of benzene rings is 2. The summed E-state index contributed by atoms with van der Waals surface area (Å²) in [5.74, 6) is -0.209. The highest BCUT2D eigenvalue weighted by atomic mass is 16.2. The standard InChI is InChI=1S/C22H22N4O3/c1-2-26-19-9-8-16(14-17(19)24-21(28)22(26)29)20(27)23-11-5-12-25-13-10-15-6-3-4-7-18(15)25/h3-4,6-10,13-14H,2,5,11-12H2,1H3,(H,23,27)(H,24,28). The molecule has 29 heavy (non-hydrogen) atoms. The number of hydrogen-bond acceptors (Lipinski definition) is 3. The summed E-state index contributed by atoms with van der Waals surface area (Å²) in [6.07, 6.45) is 2.85. The van der Waals surface area contributed by atoms with Gasteiger partial charge in [-0.25, -0.2) is 0 Å². The number of aromatic nitrogens is 3. The zero-order valence-electron chi connectivity index (χ0n) is 16.1. The van der Waals surface area contributed by atoms with Gasteiger partial charge in [0.2, 0.25) is 0 Å². The first-order valence-electron chi connectivity index (χ1n) is 9.67. The van der Waals surface area contributed by atoms with Crippen LogP contribution in [0, 0.1) is 0 Å². The molecule has 0 fully saturated rings. The summed E-state index contributed by atoms with van der Waals surface area (Å²) < 4.78 is 3.57. The first-order valence-corrected chi connectivity index (χ1v) is 9.67. The number of amides is 1. The van der Waals surface area contributed by atoms with Gasteiger partial charge >= 0.3 is 11.1 Å². The Morgan fingerprint density at radius 1 is 1.07 bits per heavy atom. The first-order chi connectivity index (χ1) is 14.1. The van der Waals surface area contributed by atoms with E-state index in [1.807, 2.05) is 12.1 Å². The van der Waals surface area contributed by atoms with E-state index in [2.05, 4.69) is 39.3 Å². The van der Waals surface area contributed by atoms with Crippen molar-refractivity contribution in [2.75, 3.05) is 6.54 Å². The summed E-state index contributed by atoms with van der Waals surface area (Å²) in [7, 11) is 0. The minimum atomic E-state index is -0.684. The molecule has 2 aromatic carbocycles. The normalized spacial score (nSPS) is 11.2. The lowest BCUT2D eigenvalue weighted by Crippen LogP contribution is -2.36. The maximum Gasteiger partial charge on any atom is 0.316 e. The average Bonchev–Trinajstić information content (AvgIpc) is 3.15. The highest BCUT2D eigenvalue weighted by molar-refractivity contribution is 5.97. The Kier molecular flexibility index (Phi) is 5.03. The van der Waals surface area contributed by atoms with Crippen molar-refractivity contribution < 1.29 is 4.79 Å². The van der Waals surface area contributed by atoms with Crippen molar-refractivity contribution in [3.05, 3.63) is 81.0 Å². The highest BCUT2D eigenvalue weighted by Crippen LogP contribution is 2.15. The third-order valence-electron chi connectivity index (χ3n) is 5.09. The zero-order valence-corrected chi connectivity index (χ0v) is 16.1. The topological polar surface area (TPSA) is 88.9 Å². The number of aryl methyl sites for hydroxylation is 2. The molecule has 2 aromatic heterocycles. The van der Waals surface area contributed by atoms with Crippen LogP contribution in [0.5, 0.6) is 0 Å². The summed E-state index contributed by atoms with van der Waals surface area (Å²) in [6, 6.07) is 15.2. The van der Waals surface area contributed by atoms with E-state index in [1.165, 1.54) is 15.5 Å². The van der Waals surface area contributed by atoms with E-state index in [9.17, 15) is 14.4 Å². The van der Waals surface area contributed by atoms with Gasteiger partial charge in [0, 0.05) is 36.9 Å². The van der Waals surface area contributed by atoms with Gasteiger partial charge in [-0.3, -0.25) is 14.4 Å². The molecule has 7 heteroatoms. The van der Waals surface area contributed by atoms with Gasteiger partial charge in [0.15, 0.2) is 0 Å². The fraction of sp³-hybridized carbons (Fsp3) is 0.227. The van der Waals surface area contributed by atoms with Crippen molar-refractivity contribution in [3.8, 4) is 0 Å². The molecule has 0 radical (unpaired) electrons. The van der Waals surface area contributed by atoms with Crippen LogP contribution in [-0.4, -0.2) is 26.6 Å². The van der Waals surface area contributed by atoms with Crippen LogP contribution in [-0.2, 0) is 13.1 Å². The molecule has 0 saturated carbocycles. The second-order valence-corrected chi connectivity index (χ2v) is 6.91. The number of aromatic amines is 1. The lowest BCUT2D eigenvalue weighted by Gasteiger charge is -2.10. The van der Waals surface area contributed by atoms with Crippen LogP contribution in [0.2, 0.25) is 0 Å². The van der Waals surface area contributed by atoms with Crippen molar-refractivity contribution in [1.29, 1.82) is 0 Å². The van der Waals surface area contributed by atoms with Crippen molar-refractivity contribution in [2.24, 2.45) is 0 Å². The third-order valence-corrected chi connectivity index (χ3v) is 5.09. The Labute approximate surface area is 166 Å². The monoisotopic (exact) mass is 390 g/mol. The summed E-state index contributed by atoms with van der Waals surface area (Å²) in [5.41, 5.74) is 1.43. The number of para-hydroxylation sites is 1. The van der Waals surface area contributed by atoms with Crippen molar-refractivity contribution in [2.45, 2.75) is 26.4 Å². The van der Waals surface area contributed by atoms with Crippen LogP contribution in [0.1, 0.15) is 23.7 Å². The molecule has 0 unspecified atom stereocenters. The Morgan fingerprint density at radius 3 is 2.72 bits per heavy atom. The molecule has 148 valence electrons. The molecule has 0 bridgehead atoms. The predicted octanol–water partition coefficient (Wildman–Crippen LogP) is 2.48. The largest absolute Gasteiger partial charge is 0.352 e. The number of nitrogens with zero attached hydrogens (tertiary/aromatic N) is 2. The number of hydrogen-bond donors (Lipinski definition) is 2. The molecule has 4 rings (SSSR count). The molecule has 0 aliphatic rings. The number of carbonyl (C=O) groups is 1. The Hall–Kier alpha value is -3.61. The van der Waals surface area contributed by atoms with E-state index in [4.69, 9.17) is 0 Å². The fourth-order valence-electron chi connectivity index (χ4n) is 3.62. The SMILES string of the molecule is CCn1c(=O)c(=O)[nH]c2cc(C(=O)NCCCn3ccc4ccccc43)ccc21. The molecule has 2 N–H and O–H groups in total. The van der Waals surface area contributed by atoms with Gasteiger partial charge in [-0.1, -0.05) is 18.2 Å². The molecule has 1 amide bonds. The second kappa shape index (κ2) is 7.79. The van der Waals surface area contributed by atoms with Crippen molar-refractivity contribution >= 4 is 27.8 Å². The molecule has 2 heterocycles. The molecule has 0 spiro atoms. The van der Waals surface area contributed by atoms with Gasteiger partial charge in [-0.05, 0) is 49.1 Å². The van der Waals surface area contributed by atoms with Crippen molar-refractivity contribution in [3.63, 3.8) is 0 Å². The first kappa shape index (κ1) is 18.7. The van der Waals surface area contributed by atoms with Crippen LogP contribution in [0.15, 0.2) is 64.3 Å². The minimum absolute atomic E-state index is 0.209. The highest BCUT2D eigenvalue weighted by Gasteiger charge is 2.10. The Balaban J connectivity index is 1.43. The van der Waals surface area contributed by atoms with Crippen LogP contribution in [0.4, 0.5) is 0 Å². The van der Waals surface area contributed by atoms with Gasteiger partial charge in [-0.15, -0.1) is 0 Å². The van der Waals surface area contributed by atoms with E-state index in [0.29, 0.717) is 29.7 Å². The Morgan fingerprint density at radius 2 is 1.90 bits per heavy atom. The maximum absolute atomic E-state index is 12.5.